The fraction of sp³-hybridized carbons (Fsp3) is 0.364. The molecule has 1 aliphatic rings. The monoisotopic (exact) mass is 189 g/mol. The van der Waals surface area contributed by atoms with Crippen molar-refractivity contribution >= 4 is 11.5 Å². The molecule has 0 amide bonds. The molecule has 0 unspecified atom stereocenters. The lowest BCUT2D eigenvalue weighted by Crippen LogP contribution is -2.30. The van der Waals surface area contributed by atoms with Gasteiger partial charge in [0.25, 0.3) is 0 Å². The van der Waals surface area contributed by atoms with Crippen molar-refractivity contribution in [1.82, 2.24) is 4.98 Å². The highest BCUT2D eigenvalue weighted by molar-refractivity contribution is 5.48. The van der Waals surface area contributed by atoms with Crippen molar-refractivity contribution in [2.24, 2.45) is 0 Å². The van der Waals surface area contributed by atoms with Gasteiger partial charge in [-0.2, -0.15) is 0 Å². The lowest BCUT2D eigenvalue weighted by atomic mass is 10.1. The van der Waals surface area contributed by atoms with Gasteiger partial charge in [-0.3, -0.25) is 0 Å². The number of pyridine rings is 1. The van der Waals surface area contributed by atoms with Crippen LogP contribution in [0.4, 0.5) is 11.5 Å². The minimum Gasteiger partial charge on any atom is -0.384 e. The van der Waals surface area contributed by atoms with E-state index in [1.54, 1.807) is 0 Å². The molecule has 1 fully saturated rings. The molecule has 0 aliphatic carbocycles. The zero-order valence-electron chi connectivity index (χ0n) is 8.24. The molecule has 0 aromatic carbocycles. The minimum atomic E-state index is 0.579. The number of aromatic nitrogens is 1. The Morgan fingerprint density at radius 3 is 2.57 bits per heavy atom. The summed E-state index contributed by atoms with van der Waals surface area (Å²) < 4.78 is 0. The molecule has 3 nitrogen and oxygen atoms in total. The van der Waals surface area contributed by atoms with Gasteiger partial charge in [0.15, 0.2) is 0 Å². The van der Waals surface area contributed by atoms with E-state index in [2.05, 4.69) is 16.5 Å². The van der Waals surface area contributed by atoms with Crippen molar-refractivity contribution in [2.75, 3.05) is 23.7 Å². The molecular formula is C11H15N3. The van der Waals surface area contributed by atoms with Gasteiger partial charge < -0.3 is 10.6 Å². The Hall–Kier alpha value is -1.51. The van der Waals surface area contributed by atoms with Gasteiger partial charge in [-0.05, 0) is 25.0 Å². The Balaban J connectivity index is 2.08. The molecule has 0 saturated carbocycles. The standard InChI is InChI=1S/C11H15N3/c1-9-4-6-14(7-5-9)10-2-3-11(12)13-8-10/h2-3,8H,1,4-7H2,(H2,12,13). The number of hydrogen-bond donors (Lipinski definition) is 1. The van der Waals surface area contributed by atoms with Crippen LogP contribution in [0, 0.1) is 0 Å². The van der Waals surface area contributed by atoms with Gasteiger partial charge in [-0.1, -0.05) is 12.2 Å². The molecular weight excluding hydrogens is 174 g/mol. The van der Waals surface area contributed by atoms with E-state index in [0.717, 1.165) is 31.6 Å². The SMILES string of the molecule is C=C1CCN(c2ccc(N)nc2)CC1. The van der Waals surface area contributed by atoms with E-state index in [-0.39, 0.29) is 0 Å². The molecule has 1 aromatic rings. The van der Waals surface area contributed by atoms with Crippen LogP contribution in [0.25, 0.3) is 0 Å². The topological polar surface area (TPSA) is 42.1 Å². The second kappa shape index (κ2) is 3.70. The van der Waals surface area contributed by atoms with Crippen molar-refractivity contribution in [2.45, 2.75) is 12.8 Å². The maximum absolute atomic E-state index is 5.53. The van der Waals surface area contributed by atoms with E-state index < -0.39 is 0 Å². The third-order valence-corrected chi connectivity index (χ3v) is 2.61. The molecule has 0 atom stereocenters. The molecule has 1 saturated heterocycles. The number of nitrogens with two attached hydrogens (primary N) is 1. The molecule has 2 N–H and O–H groups in total. The van der Waals surface area contributed by atoms with Gasteiger partial charge in [-0.15, -0.1) is 0 Å². The third-order valence-electron chi connectivity index (χ3n) is 2.61. The van der Waals surface area contributed by atoms with Gasteiger partial charge in [0.1, 0.15) is 5.82 Å². The van der Waals surface area contributed by atoms with Crippen LogP contribution in [-0.4, -0.2) is 18.1 Å². The van der Waals surface area contributed by atoms with E-state index in [4.69, 9.17) is 5.73 Å². The van der Waals surface area contributed by atoms with Crippen molar-refractivity contribution in [3.63, 3.8) is 0 Å². The third kappa shape index (κ3) is 1.87. The van der Waals surface area contributed by atoms with E-state index in [1.165, 1.54) is 5.57 Å². The Bertz CT molecular complexity index is 319. The molecule has 1 aliphatic heterocycles. The number of piperidine rings is 1. The Kier molecular flexibility index (Phi) is 2.39. The summed E-state index contributed by atoms with van der Waals surface area (Å²) in [7, 11) is 0. The first-order valence-electron chi connectivity index (χ1n) is 4.89. The Morgan fingerprint density at radius 1 is 1.29 bits per heavy atom. The number of hydrogen-bond acceptors (Lipinski definition) is 3. The van der Waals surface area contributed by atoms with Crippen LogP contribution in [-0.2, 0) is 0 Å². The summed E-state index contributed by atoms with van der Waals surface area (Å²) in [6, 6.07) is 3.87. The van der Waals surface area contributed by atoms with Crippen molar-refractivity contribution in [1.29, 1.82) is 0 Å². The summed E-state index contributed by atoms with van der Waals surface area (Å²) >= 11 is 0. The zero-order valence-corrected chi connectivity index (χ0v) is 8.24. The molecule has 3 heteroatoms. The van der Waals surface area contributed by atoms with Gasteiger partial charge in [0.2, 0.25) is 0 Å². The second-order valence-corrected chi connectivity index (χ2v) is 3.68. The first kappa shape index (κ1) is 9.06. The largest absolute Gasteiger partial charge is 0.384 e. The van der Waals surface area contributed by atoms with Crippen LogP contribution in [0.2, 0.25) is 0 Å². The summed E-state index contributed by atoms with van der Waals surface area (Å²) in [5.74, 6) is 0.579. The summed E-state index contributed by atoms with van der Waals surface area (Å²) in [4.78, 5) is 6.41. The van der Waals surface area contributed by atoms with Gasteiger partial charge in [0.05, 0.1) is 11.9 Å². The van der Waals surface area contributed by atoms with Gasteiger partial charge in [0, 0.05) is 13.1 Å². The summed E-state index contributed by atoms with van der Waals surface area (Å²) in [6.45, 7) is 6.09. The fourth-order valence-corrected chi connectivity index (χ4v) is 1.67. The molecule has 0 bridgehead atoms. The van der Waals surface area contributed by atoms with Crippen LogP contribution < -0.4 is 10.6 Å². The van der Waals surface area contributed by atoms with Crippen LogP contribution >= 0.6 is 0 Å². The number of nitrogen functional groups attached to an aromatic ring is 1. The average Bonchev–Trinajstić information content (AvgIpc) is 2.21. The molecule has 14 heavy (non-hydrogen) atoms. The predicted octanol–water partition coefficient (Wildman–Crippen LogP) is 1.82. The Morgan fingerprint density at radius 2 is 2.00 bits per heavy atom. The van der Waals surface area contributed by atoms with Crippen LogP contribution in [0.3, 0.4) is 0 Å². The van der Waals surface area contributed by atoms with Crippen LogP contribution in [0.1, 0.15) is 12.8 Å². The molecule has 0 spiro atoms. The second-order valence-electron chi connectivity index (χ2n) is 3.68. The molecule has 2 heterocycles. The van der Waals surface area contributed by atoms with Crippen molar-refractivity contribution in [3.05, 3.63) is 30.5 Å². The summed E-state index contributed by atoms with van der Waals surface area (Å²) in [6.07, 6.45) is 4.01. The maximum atomic E-state index is 5.53. The average molecular weight is 189 g/mol. The van der Waals surface area contributed by atoms with Crippen molar-refractivity contribution in [3.8, 4) is 0 Å². The van der Waals surface area contributed by atoms with E-state index in [9.17, 15) is 0 Å². The molecule has 0 radical (unpaired) electrons. The normalized spacial score (nSPS) is 17.1. The lowest BCUT2D eigenvalue weighted by Gasteiger charge is -2.29. The lowest BCUT2D eigenvalue weighted by molar-refractivity contribution is 0.686. The molecule has 1 aromatic heterocycles. The number of rotatable bonds is 1. The zero-order chi connectivity index (χ0) is 9.97. The fourth-order valence-electron chi connectivity index (χ4n) is 1.67. The van der Waals surface area contributed by atoms with E-state index in [1.807, 2.05) is 18.3 Å². The Labute approximate surface area is 84.2 Å². The van der Waals surface area contributed by atoms with E-state index >= 15 is 0 Å². The highest BCUT2D eigenvalue weighted by atomic mass is 15.1. The predicted molar refractivity (Wildman–Crippen MR) is 59.2 cm³/mol. The summed E-state index contributed by atoms with van der Waals surface area (Å²) in [5.41, 5.74) is 8.05. The van der Waals surface area contributed by atoms with Crippen LogP contribution in [0.15, 0.2) is 30.5 Å². The highest BCUT2D eigenvalue weighted by Gasteiger charge is 2.12. The van der Waals surface area contributed by atoms with Crippen molar-refractivity contribution < 1.29 is 0 Å². The highest BCUT2D eigenvalue weighted by Crippen LogP contribution is 2.21. The number of anilines is 2. The molecule has 2 rings (SSSR count). The minimum absolute atomic E-state index is 0.579. The first-order chi connectivity index (χ1) is 6.75. The number of nitrogens with zero attached hydrogens (tertiary/aromatic N) is 2. The quantitative estimate of drug-likeness (QED) is 0.685. The smallest absolute Gasteiger partial charge is 0.123 e. The van der Waals surface area contributed by atoms with Gasteiger partial charge >= 0.3 is 0 Å². The molecule has 74 valence electrons. The maximum Gasteiger partial charge on any atom is 0.123 e. The van der Waals surface area contributed by atoms with E-state index in [0.29, 0.717) is 5.82 Å². The first-order valence-corrected chi connectivity index (χ1v) is 4.89. The van der Waals surface area contributed by atoms with Crippen LogP contribution in [0.5, 0.6) is 0 Å². The van der Waals surface area contributed by atoms with Gasteiger partial charge in [-0.25, -0.2) is 4.98 Å². The summed E-state index contributed by atoms with van der Waals surface area (Å²) in [5, 5.41) is 0.